The molecule has 0 fully saturated rings. The zero-order valence-corrected chi connectivity index (χ0v) is 14.9. The summed E-state index contributed by atoms with van der Waals surface area (Å²) in [5, 5.41) is 8.96. The molecule has 0 aliphatic heterocycles. The Morgan fingerprint density at radius 1 is 0.773 bits per heavy atom. The minimum atomic E-state index is -0.994. The summed E-state index contributed by atoms with van der Waals surface area (Å²) in [7, 11) is 0. The molecule has 0 saturated carbocycles. The van der Waals surface area contributed by atoms with Crippen LogP contribution in [0.3, 0.4) is 0 Å². The normalized spacial score (nSPS) is 12.3. The van der Waals surface area contributed by atoms with Gasteiger partial charge in [0, 0.05) is 0 Å². The standard InChI is InChI=1S/C19H38O3/c1-3-4-5-6-7-8-9-10-11-12-13-14-15-16-17-22-19(21)18(2)20/h18,20H,3-17H2,1-2H3/t18-/m1/s1. The van der Waals surface area contributed by atoms with Crippen molar-refractivity contribution in [2.45, 2.75) is 110 Å². The molecule has 0 heterocycles. The van der Waals surface area contributed by atoms with E-state index in [0.717, 1.165) is 12.8 Å². The second-order valence-corrected chi connectivity index (χ2v) is 6.44. The van der Waals surface area contributed by atoms with Crippen LogP contribution in [0.4, 0.5) is 0 Å². The summed E-state index contributed by atoms with van der Waals surface area (Å²) in [5.41, 5.74) is 0. The first kappa shape index (κ1) is 21.4. The molecular formula is C19H38O3. The fourth-order valence-corrected chi connectivity index (χ4v) is 2.59. The Bertz CT molecular complexity index is 239. The van der Waals surface area contributed by atoms with E-state index in [1.54, 1.807) is 0 Å². The first-order valence-electron chi connectivity index (χ1n) is 9.53. The van der Waals surface area contributed by atoms with Gasteiger partial charge in [-0.15, -0.1) is 0 Å². The first-order valence-corrected chi connectivity index (χ1v) is 9.53. The maximum atomic E-state index is 11.0. The number of unbranched alkanes of at least 4 members (excludes halogenated alkanes) is 13. The highest BCUT2D eigenvalue weighted by Crippen LogP contribution is 2.12. The van der Waals surface area contributed by atoms with E-state index in [0.29, 0.717) is 6.61 Å². The SMILES string of the molecule is CCCCCCCCCCCCCCCCOC(=O)[C@@H](C)O. The van der Waals surface area contributed by atoms with Crippen LogP contribution < -0.4 is 0 Å². The predicted octanol–water partition coefficient (Wildman–Crippen LogP) is 5.39. The maximum absolute atomic E-state index is 11.0. The summed E-state index contributed by atoms with van der Waals surface area (Å²) in [4.78, 5) is 11.0. The summed E-state index contributed by atoms with van der Waals surface area (Å²) < 4.78 is 4.92. The quantitative estimate of drug-likeness (QED) is 0.307. The van der Waals surface area contributed by atoms with Crippen molar-refractivity contribution in [2.75, 3.05) is 6.61 Å². The molecule has 0 unspecified atom stereocenters. The lowest BCUT2D eigenvalue weighted by Crippen LogP contribution is -2.19. The van der Waals surface area contributed by atoms with Gasteiger partial charge in [-0.3, -0.25) is 0 Å². The summed E-state index contributed by atoms with van der Waals surface area (Å²) in [6.45, 7) is 4.15. The highest BCUT2D eigenvalue weighted by molar-refractivity contribution is 5.73. The molecule has 1 atom stereocenters. The number of hydrogen-bond donors (Lipinski definition) is 1. The van der Waals surface area contributed by atoms with Gasteiger partial charge in [0.05, 0.1) is 6.61 Å². The van der Waals surface area contributed by atoms with Gasteiger partial charge in [-0.25, -0.2) is 4.79 Å². The molecule has 0 saturated heterocycles. The van der Waals surface area contributed by atoms with Gasteiger partial charge in [0.15, 0.2) is 0 Å². The van der Waals surface area contributed by atoms with Crippen LogP contribution in [0, 0.1) is 0 Å². The Morgan fingerprint density at radius 2 is 1.14 bits per heavy atom. The molecule has 3 heteroatoms. The maximum Gasteiger partial charge on any atom is 0.334 e. The van der Waals surface area contributed by atoms with E-state index in [1.807, 2.05) is 0 Å². The third-order valence-corrected chi connectivity index (χ3v) is 4.08. The zero-order chi connectivity index (χ0) is 16.5. The largest absolute Gasteiger partial charge is 0.464 e. The van der Waals surface area contributed by atoms with Gasteiger partial charge < -0.3 is 9.84 Å². The number of carbonyl (C=O) groups is 1. The zero-order valence-electron chi connectivity index (χ0n) is 14.9. The lowest BCUT2D eigenvalue weighted by Gasteiger charge is -2.06. The van der Waals surface area contributed by atoms with E-state index in [-0.39, 0.29) is 0 Å². The molecule has 0 aromatic heterocycles. The van der Waals surface area contributed by atoms with Crippen molar-refractivity contribution < 1.29 is 14.6 Å². The van der Waals surface area contributed by atoms with Gasteiger partial charge in [0.2, 0.25) is 0 Å². The second kappa shape index (κ2) is 16.8. The topological polar surface area (TPSA) is 46.5 Å². The fourth-order valence-electron chi connectivity index (χ4n) is 2.59. The molecule has 0 amide bonds. The van der Waals surface area contributed by atoms with Crippen LogP contribution in [0.5, 0.6) is 0 Å². The molecule has 1 N–H and O–H groups in total. The fraction of sp³-hybridized carbons (Fsp3) is 0.947. The number of ether oxygens (including phenoxy) is 1. The molecule has 0 rings (SSSR count). The number of hydrogen-bond acceptors (Lipinski definition) is 3. The Morgan fingerprint density at radius 3 is 1.50 bits per heavy atom. The molecule has 132 valence electrons. The van der Waals surface area contributed by atoms with Crippen LogP contribution in [-0.4, -0.2) is 23.8 Å². The molecule has 22 heavy (non-hydrogen) atoms. The number of esters is 1. The Hall–Kier alpha value is -0.570. The van der Waals surface area contributed by atoms with Crippen LogP contribution in [-0.2, 0) is 9.53 Å². The van der Waals surface area contributed by atoms with Crippen molar-refractivity contribution in [3.05, 3.63) is 0 Å². The predicted molar refractivity (Wildman–Crippen MR) is 93.0 cm³/mol. The third kappa shape index (κ3) is 15.8. The molecule has 0 aromatic rings. The first-order chi connectivity index (χ1) is 10.7. The van der Waals surface area contributed by atoms with E-state index in [4.69, 9.17) is 9.84 Å². The van der Waals surface area contributed by atoms with Crippen molar-refractivity contribution in [1.82, 2.24) is 0 Å². The average Bonchev–Trinajstić information content (AvgIpc) is 2.50. The van der Waals surface area contributed by atoms with Crippen LogP contribution in [0.15, 0.2) is 0 Å². The van der Waals surface area contributed by atoms with Gasteiger partial charge >= 0.3 is 5.97 Å². The minimum Gasteiger partial charge on any atom is -0.464 e. The number of aliphatic hydroxyl groups excluding tert-OH is 1. The lowest BCUT2D eigenvalue weighted by atomic mass is 10.0. The van der Waals surface area contributed by atoms with Gasteiger partial charge in [-0.2, -0.15) is 0 Å². The Labute approximate surface area is 137 Å². The highest BCUT2D eigenvalue weighted by Gasteiger charge is 2.08. The van der Waals surface area contributed by atoms with Crippen LogP contribution in [0.1, 0.15) is 104 Å². The monoisotopic (exact) mass is 314 g/mol. The van der Waals surface area contributed by atoms with Crippen LogP contribution in [0.25, 0.3) is 0 Å². The summed E-state index contributed by atoms with van der Waals surface area (Å²) in [6, 6.07) is 0. The van der Waals surface area contributed by atoms with Crippen LogP contribution >= 0.6 is 0 Å². The summed E-state index contributed by atoms with van der Waals surface area (Å²) >= 11 is 0. The molecule has 0 bridgehead atoms. The lowest BCUT2D eigenvalue weighted by molar-refractivity contribution is -0.152. The molecule has 3 nitrogen and oxygen atoms in total. The average molecular weight is 315 g/mol. The van der Waals surface area contributed by atoms with Crippen molar-refractivity contribution in [3.63, 3.8) is 0 Å². The summed E-state index contributed by atoms with van der Waals surface area (Å²) in [6.07, 6.45) is 17.5. The van der Waals surface area contributed by atoms with E-state index >= 15 is 0 Å². The van der Waals surface area contributed by atoms with Crippen molar-refractivity contribution >= 4 is 5.97 Å². The van der Waals surface area contributed by atoms with Crippen molar-refractivity contribution in [3.8, 4) is 0 Å². The third-order valence-electron chi connectivity index (χ3n) is 4.08. The van der Waals surface area contributed by atoms with E-state index in [1.165, 1.54) is 84.0 Å². The Kier molecular flexibility index (Phi) is 16.4. The Balaban J connectivity index is 3.04. The molecule has 0 aromatic carbocycles. The molecular weight excluding hydrogens is 276 g/mol. The number of rotatable bonds is 16. The van der Waals surface area contributed by atoms with Gasteiger partial charge in [-0.05, 0) is 13.3 Å². The highest BCUT2D eigenvalue weighted by atomic mass is 16.5. The van der Waals surface area contributed by atoms with E-state index < -0.39 is 12.1 Å². The van der Waals surface area contributed by atoms with E-state index in [2.05, 4.69) is 6.92 Å². The molecule has 0 aliphatic rings. The molecule has 0 aliphatic carbocycles. The molecule has 0 spiro atoms. The smallest absolute Gasteiger partial charge is 0.334 e. The van der Waals surface area contributed by atoms with Crippen LogP contribution in [0.2, 0.25) is 0 Å². The van der Waals surface area contributed by atoms with Gasteiger partial charge in [0.1, 0.15) is 6.10 Å². The summed E-state index contributed by atoms with van der Waals surface area (Å²) in [5.74, 6) is -0.505. The number of aliphatic hydroxyl groups is 1. The molecule has 0 radical (unpaired) electrons. The van der Waals surface area contributed by atoms with Crippen molar-refractivity contribution in [2.24, 2.45) is 0 Å². The van der Waals surface area contributed by atoms with Gasteiger partial charge in [0.25, 0.3) is 0 Å². The second-order valence-electron chi connectivity index (χ2n) is 6.44. The van der Waals surface area contributed by atoms with Gasteiger partial charge in [-0.1, -0.05) is 90.4 Å². The van der Waals surface area contributed by atoms with Crippen molar-refractivity contribution in [1.29, 1.82) is 0 Å². The number of carbonyl (C=O) groups excluding carboxylic acids is 1. The minimum absolute atomic E-state index is 0.446. The van der Waals surface area contributed by atoms with E-state index in [9.17, 15) is 4.79 Å².